The van der Waals surface area contributed by atoms with Gasteiger partial charge in [-0.2, -0.15) is 0 Å². The molecule has 0 bridgehead atoms. The van der Waals surface area contributed by atoms with Gasteiger partial charge in [-0.1, -0.05) is 6.07 Å². The minimum Gasteiger partial charge on any atom is -0.331 e. The van der Waals surface area contributed by atoms with Crippen LogP contribution in [0.2, 0.25) is 0 Å². The molecule has 2 aromatic rings. The third-order valence-corrected chi connectivity index (χ3v) is 6.56. The number of nitrogens with zero attached hydrogens (tertiary/aromatic N) is 2. The van der Waals surface area contributed by atoms with Gasteiger partial charge in [0.05, 0.1) is 9.82 Å². The van der Waals surface area contributed by atoms with Gasteiger partial charge in [-0.15, -0.1) is 0 Å². The zero-order valence-electron chi connectivity index (χ0n) is 16.7. The Morgan fingerprint density at radius 2 is 1.83 bits per heavy atom. The summed E-state index contributed by atoms with van der Waals surface area (Å²) in [4.78, 5) is 24.8. The number of benzene rings is 2. The van der Waals surface area contributed by atoms with E-state index in [2.05, 4.69) is 4.72 Å². The maximum atomic E-state index is 12.7. The highest BCUT2D eigenvalue weighted by Gasteiger charge is 2.45. The number of rotatable bonds is 5. The first kappa shape index (κ1) is 20.8. The van der Waals surface area contributed by atoms with Crippen molar-refractivity contribution in [2.24, 2.45) is 0 Å². The first-order chi connectivity index (χ1) is 13.4. The zero-order chi connectivity index (χ0) is 21.6. The molecule has 0 aromatic heterocycles. The van der Waals surface area contributed by atoms with E-state index in [-0.39, 0.29) is 33.8 Å². The second-order valence-electron chi connectivity index (χ2n) is 7.93. The molecule has 1 heterocycles. The van der Waals surface area contributed by atoms with Gasteiger partial charge < -0.3 is 4.90 Å². The third kappa shape index (κ3) is 3.95. The highest BCUT2D eigenvalue weighted by molar-refractivity contribution is 7.92. The Hall–Kier alpha value is -2.94. The van der Waals surface area contributed by atoms with Crippen LogP contribution in [-0.2, 0) is 10.0 Å². The third-order valence-electron chi connectivity index (χ3n) is 5.18. The van der Waals surface area contributed by atoms with Crippen LogP contribution < -0.4 is 4.72 Å². The van der Waals surface area contributed by atoms with Gasteiger partial charge in [0.1, 0.15) is 0 Å². The Labute approximate surface area is 169 Å². The van der Waals surface area contributed by atoms with E-state index in [4.69, 9.17) is 0 Å². The van der Waals surface area contributed by atoms with Gasteiger partial charge >= 0.3 is 0 Å². The van der Waals surface area contributed by atoms with E-state index in [0.29, 0.717) is 11.1 Å². The molecule has 1 saturated heterocycles. The maximum Gasteiger partial charge on any atom is 0.273 e. The van der Waals surface area contributed by atoms with Gasteiger partial charge in [-0.3, -0.25) is 19.6 Å². The average Bonchev–Trinajstić information content (AvgIpc) is 2.61. The number of anilines is 1. The summed E-state index contributed by atoms with van der Waals surface area (Å²) in [6, 6.07) is 10.0. The van der Waals surface area contributed by atoms with E-state index >= 15 is 0 Å². The molecular weight excluding hydrogens is 394 g/mol. The van der Waals surface area contributed by atoms with Gasteiger partial charge in [-0.25, -0.2) is 8.42 Å². The highest BCUT2D eigenvalue weighted by Crippen LogP contribution is 2.37. The summed E-state index contributed by atoms with van der Waals surface area (Å²) in [7, 11) is -4.01. The van der Waals surface area contributed by atoms with Crippen LogP contribution in [0.5, 0.6) is 0 Å². The van der Waals surface area contributed by atoms with Crippen LogP contribution in [0, 0.1) is 17.0 Å². The largest absolute Gasteiger partial charge is 0.331 e. The molecule has 154 valence electrons. The summed E-state index contributed by atoms with van der Waals surface area (Å²) >= 11 is 0. The molecule has 1 N–H and O–H groups in total. The number of nitro benzene ring substituents is 1. The molecule has 3 rings (SSSR count). The molecule has 0 radical (unpaired) electrons. The Kier molecular flexibility index (Phi) is 5.12. The lowest BCUT2D eigenvalue weighted by molar-refractivity contribution is -0.385. The maximum absolute atomic E-state index is 12.7. The van der Waals surface area contributed by atoms with Gasteiger partial charge in [0.25, 0.3) is 21.6 Å². The van der Waals surface area contributed by atoms with E-state index in [0.717, 1.165) is 12.5 Å². The summed E-state index contributed by atoms with van der Waals surface area (Å²) in [6.45, 7) is 7.55. The molecule has 2 aromatic carbocycles. The Bertz CT molecular complexity index is 1080. The number of carbonyl (C=O) groups is 1. The minimum absolute atomic E-state index is 0.0997. The fourth-order valence-electron chi connectivity index (χ4n) is 3.86. The molecule has 0 unspecified atom stereocenters. The van der Waals surface area contributed by atoms with Crippen molar-refractivity contribution in [2.75, 3.05) is 4.72 Å². The number of hydrogen-bond acceptors (Lipinski definition) is 5. The molecule has 8 nitrogen and oxygen atoms in total. The lowest BCUT2D eigenvalue weighted by atomic mass is 9.81. The van der Waals surface area contributed by atoms with Crippen molar-refractivity contribution in [1.82, 2.24) is 4.90 Å². The van der Waals surface area contributed by atoms with Crippen molar-refractivity contribution >= 4 is 27.3 Å². The SMILES string of the molecule is Cc1ccc(S(=O)(=O)Nc2ccc(C(=O)N3[C@H](C)CC3(C)C)cc2)cc1[N+](=O)[O-]. The normalized spacial score (nSPS) is 18.1. The Balaban J connectivity index is 1.80. The standard InChI is InChI=1S/C20H23N3O5S/c1-13-5-10-17(11-18(13)23(25)26)29(27,28)21-16-8-6-15(7-9-16)19(24)22-14(2)12-20(22,3)4/h5-11,14,21H,12H2,1-4H3/t14-/m1/s1. The lowest BCUT2D eigenvalue weighted by Crippen LogP contribution is -2.63. The Morgan fingerprint density at radius 1 is 1.21 bits per heavy atom. The van der Waals surface area contributed by atoms with Crippen LogP contribution in [0.4, 0.5) is 11.4 Å². The number of hydrogen-bond donors (Lipinski definition) is 1. The van der Waals surface area contributed by atoms with Crippen molar-refractivity contribution in [3.8, 4) is 0 Å². The van der Waals surface area contributed by atoms with Crippen molar-refractivity contribution in [1.29, 1.82) is 0 Å². The number of amides is 1. The molecule has 1 amide bonds. The molecule has 1 aliphatic rings. The molecule has 9 heteroatoms. The summed E-state index contributed by atoms with van der Waals surface area (Å²) in [5.41, 5.74) is 0.649. The van der Waals surface area contributed by atoms with E-state index in [1.54, 1.807) is 12.1 Å². The average molecular weight is 417 g/mol. The van der Waals surface area contributed by atoms with Crippen LogP contribution in [0.1, 0.15) is 43.1 Å². The molecule has 0 spiro atoms. The van der Waals surface area contributed by atoms with Crippen LogP contribution in [0.3, 0.4) is 0 Å². The number of nitrogens with one attached hydrogen (secondary N) is 1. The van der Waals surface area contributed by atoms with Crippen molar-refractivity contribution in [2.45, 2.75) is 50.6 Å². The first-order valence-corrected chi connectivity index (χ1v) is 10.6. The number of carbonyl (C=O) groups excluding carboxylic acids is 1. The van der Waals surface area contributed by atoms with Gasteiger partial charge in [0, 0.05) is 34.5 Å². The first-order valence-electron chi connectivity index (χ1n) is 9.14. The van der Waals surface area contributed by atoms with Gasteiger partial charge in [-0.05, 0) is 64.4 Å². The van der Waals surface area contributed by atoms with Crippen molar-refractivity contribution < 1.29 is 18.1 Å². The molecular formula is C20H23N3O5S. The molecule has 1 fully saturated rings. The van der Waals surface area contributed by atoms with Crippen LogP contribution in [0.25, 0.3) is 0 Å². The topological polar surface area (TPSA) is 110 Å². The second-order valence-corrected chi connectivity index (χ2v) is 9.61. The van der Waals surface area contributed by atoms with E-state index in [1.165, 1.54) is 31.2 Å². The molecule has 0 aliphatic carbocycles. The number of sulfonamides is 1. The monoisotopic (exact) mass is 417 g/mol. The summed E-state index contributed by atoms with van der Waals surface area (Å²) in [6.07, 6.45) is 0.930. The molecule has 1 atom stereocenters. The highest BCUT2D eigenvalue weighted by atomic mass is 32.2. The van der Waals surface area contributed by atoms with Crippen molar-refractivity contribution in [3.63, 3.8) is 0 Å². The Morgan fingerprint density at radius 3 is 2.34 bits per heavy atom. The van der Waals surface area contributed by atoms with Crippen LogP contribution in [0.15, 0.2) is 47.4 Å². The fourth-order valence-corrected chi connectivity index (χ4v) is 4.94. The van der Waals surface area contributed by atoms with Gasteiger partial charge in [0.2, 0.25) is 0 Å². The number of aryl methyl sites for hydroxylation is 1. The summed E-state index contributed by atoms with van der Waals surface area (Å²) in [5, 5.41) is 11.1. The minimum atomic E-state index is -4.01. The fraction of sp³-hybridized carbons (Fsp3) is 0.350. The molecule has 29 heavy (non-hydrogen) atoms. The summed E-state index contributed by atoms with van der Waals surface area (Å²) < 4.78 is 27.6. The lowest BCUT2D eigenvalue weighted by Gasteiger charge is -2.54. The zero-order valence-corrected chi connectivity index (χ0v) is 17.5. The van der Waals surface area contributed by atoms with Crippen LogP contribution in [-0.4, -0.2) is 35.7 Å². The summed E-state index contributed by atoms with van der Waals surface area (Å²) in [5.74, 6) is -0.0997. The van der Waals surface area contributed by atoms with E-state index in [9.17, 15) is 23.3 Å². The van der Waals surface area contributed by atoms with Gasteiger partial charge in [0.15, 0.2) is 0 Å². The number of likely N-dealkylation sites (tertiary alicyclic amines) is 1. The quantitative estimate of drug-likeness (QED) is 0.589. The number of nitro groups is 1. The molecule has 0 saturated carbocycles. The van der Waals surface area contributed by atoms with Crippen molar-refractivity contribution in [3.05, 3.63) is 63.7 Å². The van der Waals surface area contributed by atoms with Crippen LogP contribution >= 0.6 is 0 Å². The van der Waals surface area contributed by atoms with E-state index in [1.807, 2.05) is 25.7 Å². The van der Waals surface area contributed by atoms with E-state index < -0.39 is 14.9 Å². The predicted molar refractivity (Wildman–Crippen MR) is 109 cm³/mol. The molecule has 1 aliphatic heterocycles. The second kappa shape index (κ2) is 7.14. The smallest absolute Gasteiger partial charge is 0.273 e. The predicted octanol–water partition coefficient (Wildman–Crippen LogP) is 3.72.